The van der Waals surface area contributed by atoms with Crippen LogP contribution in [0.5, 0.6) is 0 Å². The second-order valence-electron chi connectivity index (χ2n) is 2.30. The van der Waals surface area contributed by atoms with Gasteiger partial charge in [-0.1, -0.05) is 0 Å². The molecule has 0 aromatic carbocycles. The molecule has 5 heteroatoms. The van der Waals surface area contributed by atoms with Crippen molar-refractivity contribution in [3.05, 3.63) is 18.3 Å². The average molecular weight is 181 g/mol. The van der Waals surface area contributed by atoms with Crippen molar-refractivity contribution in [1.82, 2.24) is 4.98 Å². The fraction of sp³-hybridized carbons (Fsp3) is 0.250. The molecule has 1 aromatic heterocycles. The Labute approximate surface area is 76.1 Å². The molecule has 1 rings (SSSR count). The first-order valence-electron chi connectivity index (χ1n) is 3.75. The Kier molecular flexibility index (Phi) is 3.08. The van der Waals surface area contributed by atoms with Gasteiger partial charge in [0.15, 0.2) is 0 Å². The minimum Gasteiger partial charge on any atom is -0.453 e. The molecule has 5 nitrogen and oxygen atoms in total. The third kappa shape index (κ3) is 2.62. The van der Waals surface area contributed by atoms with Gasteiger partial charge in [0.05, 0.1) is 19.0 Å². The lowest BCUT2D eigenvalue weighted by Crippen LogP contribution is -2.11. The Morgan fingerprint density at radius 3 is 2.77 bits per heavy atom. The molecule has 0 radical (unpaired) electrons. The van der Waals surface area contributed by atoms with Crippen molar-refractivity contribution in [2.24, 2.45) is 0 Å². The SMILES string of the molecule is CNc1ccc(NC(=O)OC)cn1. The summed E-state index contributed by atoms with van der Waals surface area (Å²) in [5.41, 5.74) is 0.603. The Morgan fingerprint density at radius 1 is 1.54 bits per heavy atom. The summed E-state index contributed by atoms with van der Waals surface area (Å²) in [7, 11) is 3.08. The molecule has 13 heavy (non-hydrogen) atoms. The van der Waals surface area contributed by atoms with Crippen LogP contribution in [0, 0.1) is 0 Å². The summed E-state index contributed by atoms with van der Waals surface area (Å²) in [6, 6.07) is 3.49. The van der Waals surface area contributed by atoms with Crippen molar-refractivity contribution in [3.8, 4) is 0 Å². The zero-order valence-corrected chi connectivity index (χ0v) is 7.50. The third-order valence-electron chi connectivity index (χ3n) is 1.45. The van der Waals surface area contributed by atoms with Crippen molar-refractivity contribution in [2.75, 3.05) is 24.8 Å². The number of nitrogens with zero attached hydrogens (tertiary/aromatic N) is 1. The Bertz CT molecular complexity index is 284. The summed E-state index contributed by atoms with van der Waals surface area (Å²) in [6.45, 7) is 0. The van der Waals surface area contributed by atoms with Crippen LogP contribution in [0.3, 0.4) is 0 Å². The predicted octanol–water partition coefficient (Wildman–Crippen LogP) is 1.30. The van der Waals surface area contributed by atoms with Crippen LogP contribution >= 0.6 is 0 Å². The molecular weight excluding hydrogens is 170 g/mol. The predicted molar refractivity (Wildman–Crippen MR) is 49.8 cm³/mol. The lowest BCUT2D eigenvalue weighted by atomic mass is 10.4. The molecule has 1 amide bonds. The van der Waals surface area contributed by atoms with Crippen LogP contribution in [0.4, 0.5) is 16.3 Å². The normalized spacial score (nSPS) is 9.08. The second kappa shape index (κ2) is 4.30. The molecule has 0 saturated carbocycles. The van der Waals surface area contributed by atoms with E-state index in [9.17, 15) is 4.79 Å². The van der Waals surface area contributed by atoms with Gasteiger partial charge in [0.2, 0.25) is 0 Å². The molecule has 0 aliphatic heterocycles. The number of amides is 1. The van der Waals surface area contributed by atoms with E-state index in [2.05, 4.69) is 20.4 Å². The monoisotopic (exact) mass is 181 g/mol. The maximum absolute atomic E-state index is 10.8. The van der Waals surface area contributed by atoms with Crippen molar-refractivity contribution in [3.63, 3.8) is 0 Å². The van der Waals surface area contributed by atoms with Gasteiger partial charge in [-0.25, -0.2) is 9.78 Å². The summed E-state index contributed by atoms with van der Waals surface area (Å²) in [5.74, 6) is 0.746. The molecule has 0 aliphatic rings. The van der Waals surface area contributed by atoms with Crippen molar-refractivity contribution in [1.29, 1.82) is 0 Å². The van der Waals surface area contributed by atoms with E-state index in [1.165, 1.54) is 7.11 Å². The molecule has 0 aliphatic carbocycles. The minimum absolute atomic E-state index is 0.501. The van der Waals surface area contributed by atoms with Crippen LogP contribution in [0.1, 0.15) is 0 Å². The lowest BCUT2D eigenvalue weighted by molar-refractivity contribution is 0.187. The highest BCUT2D eigenvalue weighted by molar-refractivity contribution is 5.84. The summed E-state index contributed by atoms with van der Waals surface area (Å²) in [4.78, 5) is 14.8. The highest BCUT2D eigenvalue weighted by Crippen LogP contribution is 2.08. The van der Waals surface area contributed by atoms with E-state index in [0.717, 1.165) is 5.82 Å². The van der Waals surface area contributed by atoms with Gasteiger partial charge >= 0.3 is 6.09 Å². The zero-order chi connectivity index (χ0) is 9.68. The van der Waals surface area contributed by atoms with E-state index in [4.69, 9.17) is 0 Å². The molecule has 70 valence electrons. The van der Waals surface area contributed by atoms with Crippen molar-refractivity contribution < 1.29 is 9.53 Å². The smallest absolute Gasteiger partial charge is 0.411 e. The van der Waals surface area contributed by atoms with Gasteiger partial charge < -0.3 is 10.1 Å². The van der Waals surface area contributed by atoms with E-state index in [-0.39, 0.29) is 0 Å². The molecular formula is C8H11N3O2. The minimum atomic E-state index is -0.501. The standard InChI is InChI=1S/C8H11N3O2/c1-9-7-4-3-6(5-10-7)11-8(12)13-2/h3-5H,1-2H3,(H,9,10)(H,11,12). The lowest BCUT2D eigenvalue weighted by Gasteiger charge is -2.03. The van der Waals surface area contributed by atoms with Crippen molar-refractivity contribution >= 4 is 17.6 Å². The number of nitrogens with one attached hydrogen (secondary N) is 2. The Morgan fingerprint density at radius 2 is 2.31 bits per heavy atom. The second-order valence-corrected chi connectivity index (χ2v) is 2.30. The van der Waals surface area contributed by atoms with E-state index >= 15 is 0 Å². The van der Waals surface area contributed by atoms with Gasteiger partial charge in [-0.3, -0.25) is 5.32 Å². The van der Waals surface area contributed by atoms with Crippen LogP contribution < -0.4 is 10.6 Å². The maximum atomic E-state index is 10.8. The molecule has 0 fully saturated rings. The number of hydrogen-bond acceptors (Lipinski definition) is 4. The highest BCUT2D eigenvalue weighted by atomic mass is 16.5. The van der Waals surface area contributed by atoms with E-state index in [1.54, 1.807) is 25.4 Å². The topological polar surface area (TPSA) is 63.2 Å². The summed E-state index contributed by atoms with van der Waals surface area (Å²) in [5, 5.41) is 5.36. The first-order chi connectivity index (χ1) is 6.26. The largest absolute Gasteiger partial charge is 0.453 e. The van der Waals surface area contributed by atoms with Crippen LogP contribution in [-0.2, 0) is 4.74 Å². The Hall–Kier alpha value is -1.78. The number of pyridine rings is 1. The molecule has 0 bridgehead atoms. The zero-order valence-electron chi connectivity index (χ0n) is 7.50. The first kappa shape index (κ1) is 9.31. The Balaban J connectivity index is 2.64. The molecule has 1 heterocycles. The number of hydrogen-bond donors (Lipinski definition) is 2. The van der Waals surface area contributed by atoms with Gasteiger partial charge in [0, 0.05) is 7.05 Å². The number of anilines is 2. The highest BCUT2D eigenvalue weighted by Gasteiger charge is 1.99. The molecule has 0 spiro atoms. The van der Waals surface area contributed by atoms with Gasteiger partial charge in [-0.2, -0.15) is 0 Å². The van der Waals surface area contributed by atoms with E-state index in [1.807, 2.05) is 0 Å². The van der Waals surface area contributed by atoms with Crippen LogP contribution in [-0.4, -0.2) is 25.2 Å². The van der Waals surface area contributed by atoms with E-state index < -0.39 is 6.09 Å². The van der Waals surface area contributed by atoms with Gasteiger partial charge in [0.25, 0.3) is 0 Å². The molecule has 2 N–H and O–H groups in total. The molecule has 1 aromatic rings. The first-order valence-corrected chi connectivity index (χ1v) is 3.75. The van der Waals surface area contributed by atoms with Gasteiger partial charge in [0.1, 0.15) is 5.82 Å². The van der Waals surface area contributed by atoms with Gasteiger partial charge in [-0.05, 0) is 12.1 Å². The number of aromatic nitrogens is 1. The third-order valence-corrected chi connectivity index (χ3v) is 1.45. The number of methoxy groups -OCH3 is 1. The summed E-state index contributed by atoms with van der Waals surface area (Å²) < 4.78 is 4.42. The van der Waals surface area contributed by atoms with E-state index in [0.29, 0.717) is 5.69 Å². The van der Waals surface area contributed by atoms with Crippen LogP contribution in [0.2, 0.25) is 0 Å². The number of carbonyl (C=O) groups is 1. The molecule has 0 atom stereocenters. The fourth-order valence-corrected chi connectivity index (χ4v) is 0.785. The van der Waals surface area contributed by atoms with Crippen molar-refractivity contribution in [2.45, 2.75) is 0 Å². The molecule has 0 saturated heterocycles. The molecule has 0 unspecified atom stereocenters. The van der Waals surface area contributed by atoms with Gasteiger partial charge in [-0.15, -0.1) is 0 Å². The summed E-state index contributed by atoms with van der Waals surface area (Å²) in [6.07, 6.45) is 1.04. The number of ether oxygens (including phenoxy) is 1. The maximum Gasteiger partial charge on any atom is 0.411 e. The van der Waals surface area contributed by atoms with Crippen LogP contribution in [0.25, 0.3) is 0 Å². The average Bonchev–Trinajstić information content (AvgIpc) is 2.19. The number of rotatable bonds is 2. The quantitative estimate of drug-likeness (QED) is 0.721. The summed E-state index contributed by atoms with van der Waals surface area (Å²) >= 11 is 0. The fourth-order valence-electron chi connectivity index (χ4n) is 0.785. The number of carbonyl (C=O) groups excluding carboxylic acids is 1. The van der Waals surface area contributed by atoms with Crippen LogP contribution in [0.15, 0.2) is 18.3 Å².